The Morgan fingerprint density at radius 1 is 1.19 bits per heavy atom. The van der Waals surface area contributed by atoms with Crippen LogP contribution >= 0.6 is 0 Å². The number of esters is 1. The Bertz CT molecular complexity index is 446. The average Bonchev–Trinajstić information content (AvgIpc) is 2.77. The van der Waals surface area contributed by atoms with Crippen LogP contribution in [0.5, 0.6) is 0 Å². The first-order valence-electron chi connectivity index (χ1n) is 7.68. The van der Waals surface area contributed by atoms with E-state index in [1.165, 1.54) is 8.61 Å². The molecule has 2 aliphatic heterocycles. The predicted octanol–water partition coefficient (Wildman–Crippen LogP) is -0.198. The number of piperidine rings is 1. The lowest BCUT2D eigenvalue weighted by Gasteiger charge is -2.34. The number of carbonyl (C=O) groups excluding carboxylic acids is 1. The maximum absolute atomic E-state index is 12.7. The van der Waals surface area contributed by atoms with E-state index in [4.69, 9.17) is 4.74 Å². The SMILES string of the molecule is CCOC(=O)C1CCCN(S(=O)(=O)N2CCCNCC2)C1. The molecule has 2 aliphatic rings. The minimum atomic E-state index is -3.47. The molecule has 0 aromatic carbocycles. The van der Waals surface area contributed by atoms with Gasteiger partial charge in [-0.05, 0) is 32.7 Å². The van der Waals surface area contributed by atoms with Gasteiger partial charge in [0.25, 0.3) is 10.2 Å². The summed E-state index contributed by atoms with van der Waals surface area (Å²) in [6, 6.07) is 0. The zero-order chi connectivity index (χ0) is 15.3. The molecule has 0 bridgehead atoms. The van der Waals surface area contributed by atoms with Gasteiger partial charge in [-0.3, -0.25) is 4.79 Å². The first-order valence-corrected chi connectivity index (χ1v) is 9.08. The van der Waals surface area contributed by atoms with Gasteiger partial charge in [0.05, 0.1) is 12.5 Å². The van der Waals surface area contributed by atoms with Gasteiger partial charge in [-0.2, -0.15) is 17.0 Å². The normalized spacial score (nSPS) is 26.2. The summed E-state index contributed by atoms with van der Waals surface area (Å²) < 4.78 is 33.4. The van der Waals surface area contributed by atoms with E-state index in [1.54, 1.807) is 6.92 Å². The zero-order valence-electron chi connectivity index (χ0n) is 12.6. The van der Waals surface area contributed by atoms with Crippen LogP contribution in [0, 0.1) is 5.92 Å². The van der Waals surface area contributed by atoms with Crippen molar-refractivity contribution in [3.8, 4) is 0 Å². The summed E-state index contributed by atoms with van der Waals surface area (Å²) in [6.45, 7) is 5.37. The van der Waals surface area contributed by atoms with Crippen molar-refractivity contribution in [2.24, 2.45) is 5.92 Å². The molecule has 7 nitrogen and oxygen atoms in total. The van der Waals surface area contributed by atoms with E-state index in [2.05, 4.69) is 5.32 Å². The van der Waals surface area contributed by atoms with Crippen LogP contribution in [-0.2, 0) is 19.7 Å². The van der Waals surface area contributed by atoms with Gasteiger partial charge in [0.15, 0.2) is 0 Å². The number of rotatable bonds is 4. The number of hydrogen-bond acceptors (Lipinski definition) is 5. The van der Waals surface area contributed by atoms with Crippen molar-refractivity contribution in [2.75, 3.05) is 45.9 Å². The first kappa shape index (κ1) is 16.7. The quantitative estimate of drug-likeness (QED) is 0.726. The van der Waals surface area contributed by atoms with Crippen molar-refractivity contribution in [3.05, 3.63) is 0 Å². The van der Waals surface area contributed by atoms with Gasteiger partial charge in [0.1, 0.15) is 0 Å². The Morgan fingerprint density at radius 2 is 1.95 bits per heavy atom. The topological polar surface area (TPSA) is 79.0 Å². The molecule has 1 unspecified atom stereocenters. The third kappa shape index (κ3) is 4.15. The fraction of sp³-hybridized carbons (Fsp3) is 0.923. The van der Waals surface area contributed by atoms with Crippen LogP contribution in [-0.4, -0.2) is 68.9 Å². The van der Waals surface area contributed by atoms with Crippen LogP contribution in [0.25, 0.3) is 0 Å². The van der Waals surface area contributed by atoms with E-state index in [-0.39, 0.29) is 18.4 Å². The highest BCUT2D eigenvalue weighted by Gasteiger charge is 2.36. The summed E-state index contributed by atoms with van der Waals surface area (Å²) in [5, 5.41) is 3.20. The molecule has 8 heteroatoms. The smallest absolute Gasteiger partial charge is 0.310 e. The minimum absolute atomic E-state index is 0.241. The first-order chi connectivity index (χ1) is 10.1. The number of ether oxygens (including phenoxy) is 1. The predicted molar refractivity (Wildman–Crippen MR) is 78.9 cm³/mol. The summed E-state index contributed by atoms with van der Waals surface area (Å²) in [5.74, 6) is -0.617. The second-order valence-electron chi connectivity index (χ2n) is 5.46. The summed E-state index contributed by atoms with van der Waals surface area (Å²) in [5.41, 5.74) is 0. The Hall–Kier alpha value is -0.700. The highest BCUT2D eigenvalue weighted by atomic mass is 32.2. The molecule has 0 aliphatic carbocycles. The number of nitrogens with zero attached hydrogens (tertiary/aromatic N) is 2. The lowest BCUT2D eigenvalue weighted by Crippen LogP contribution is -2.50. The van der Waals surface area contributed by atoms with E-state index >= 15 is 0 Å². The molecule has 1 N–H and O–H groups in total. The van der Waals surface area contributed by atoms with Crippen molar-refractivity contribution in [3.63, 3.8) is 0 Å². The Morgan fingerprint density at radius 3 is 2.71 bits per heavy atom. The molecule has 21 heavy (non-hydrogen) atoms. The summed E-state index contributed by atoms with van der Waals surface area (Å²) >= 11 is 0. The van der Waals surface area contributed by atoms with Crippen LogP contribution in [0.4, 0.5) is 0 Å². The molecule has 0 spiro atoms. The lowest BCUT2D eigenvalue weighted by molar-refractivity contribution is -0.149. The molecule has 0 aromatic heterocycles. The Balaban J connectivity index is 2.03. The minimum Gasteiger partial charge on any atom is -0.466 e. The van der Waals surface area contributed by atoms with E-state index < -0.39 is 10.2 Å². The summed E-state index contributed by atoms with van der Waals surface area (Å²) in [4.78, 5) is 11.8. The monoisotopic (exact) mass is 319 g/mol. The Kier molecular flexibility index (Phi) is 5.98. The average molecular weight is 319 g/mol. The van der Waals surface area contributed by atoms with Gasteiger partial charge >= 0.3 is 5.97 Å². The van der Waals surface area contributed by atoms with Gasteiger partial charge in [-0.15, -0.1) is 0 Å². The molecule has 0 amide bonds. The van der Waals surface area contributed by atoms with Gasteiger partial charge in [0.2, 0.25) is 0 Å². The maximum atomic E-state index is 12.7. The van der Waals surface area contributed by atoms with Crippen LogP contribution in [0.15, 0.2) is 0 Å². The second-order valence-corrected chi connectivity index (χ2v) is 7.39. The molecule has 2 fully saturated rings. The van der Waals surface area contributed by atoms with E-state index in [9.17, 15) is 13.2 Å². The van der Waals surface area contributed by atoms with Gasteiger partial charge < -0.3 is 10.1 Å². The van der Waals surface area contributed by atoms with Crippen LogP contribution < -0.4 is 5.32 Å². The van der Waals surface area contributed by atoms with Crippen molar-refractivity contribution in [1.82, 2.24) is 13.9 Å². The molecule has 2 saturated heterocycles. The van der Waals surface area contributed by atoms with Gasteiger partial charge in [0, 0.05) is 32.7 Å². The molecule has 2 heterocycles. The van der Waals surface area contributed by atoms with E-state index in [0.717, 1.165) is 13.0 Å². The van der Waals surface area contributed by atoms with Gasteiger partial charge in [-0.25, -0.2) is 0 Å². The van der Waals surface area contributed by atoms with Crippen molar-refractivity contribution >= 4 is 16.2 Å². The van der Waals surface area contributed by atoms with Crippen molar-refractivity contribution in [1.29, 1.82) is 0 Å². The van der Waals surface area contributed by atoms with Crippen LogP contribution in [0.1, 0.15) is 26.2 Å². The third-order valence-electron chi connectivity index (χ3n) is 3.96. The van der Waals surface area contributed by atoms with Crippen molar-refractivity contribution < 1.29 is 17.9 Å². The molecule has 1 atom stereocenters. The molecule has 0 aromatic rings. The second kappa shape index (κ2) is 7.53. The fourth-order valence-corrected chi connectivity index (χ4v) is 4.56. The molecular weight excluding hydrogens is 294 g/mol. The maximum Gasteiger partial charge on any atom is 0.310 e. The molecule has 122 valence electrons. The molecule has 0 radical (unpaired) electrons. The van der Waals surface area contributed by atoms with E-state index in [1.807, 2.05) is 0 Å². The lowest BCUT2D eigenvalue weighted by atomic mass is 10.0. The summed E-state index contributed by atoms with van der Waals surface area (Å²) in [6.07, 6.45) is 2.22. The highest BCUT2D eigenvalue weighted by molar-refractivity contribution is 7.86. The van der Waals surface area contributed by atoms with Crippen molar-refractivity contribution in [2.45, 2.75) is 26.2 Å². The van der Waals surface area contributed by atoms with E-state index in [0.29, 0.717) is 45.6 Å². The number of hydrogen-bond donors (Lipinski definition) is 1. The zero-order valence-corrected chi connectivity index (χ0v) is 13.4. The van der Waals surface area contributed by atoms with Crippen LogP contribution in [0.2, 0.25) is 0 Å². The number of nitrogens with one attached hydrogen (secondary N) is 1. The third-order valence-corrected chi connectivity index (χ3v) is 5.96. The molecule has 0 saturated carbocycles. The molecular formula is C13H25N3O4S. The highest BCUT2D eigenvalue weighted by Crippen LogP contribution is 2.22. The van der Waals surface area contributed by atoms with Crippen LogP contribution in [0.3, 0.4) is 0 Å². The van der Waals surface area contributed by atoms with Gasteiger partial charge in [-0.1, -0.05) is 0 Å². The standard InChI is InChI=1S/C13H25N3O4S/c1-2-20-13(17)12-5-3-8-16(11-12)21(18,19)15-9-4-6-14-7-10-15/h12,14H,2-11H2,1H3. The Labute approximate surface area is 126 Å². The number of carbonyl (C=O) groups is 1. The summed E-state index contributed by atoms with van der Waals surface area (Å²) in [7, 11) is -3.47. The fourth-order valence-electron chi connectivity index (χ4n) is 2.82. The largest absolute Gasteiger partial charge is 0.466 e. The molecule has 2 rings (SSSR count).